The summed E-state index contributed by atoms with van der Waals surface area (Å²) in [6, 6.07) is -0.939. The molecule has 1 N–H and O–H groups in total. The van der Waals surface area contributed by atoms with Gasteiger partial charge in [0.1, 0.15) is 19.3 Å². The third-order valence-corrected chi connectivity index (χ3v) is 13.3. The summed E-state index contributed by atoms with van der Waals surface area (Å²) in [5.41, 5.74) is 0. The van der Waals surface area contributed by atoms with Gasteiger partial charge in [0.05, 0.1) is 33.8 Å². The lowest BCUT2D eigenvalue weighted by Gasteiger charge is -2.30. The highest BCUT2D eigenvalue weighted by Gasteiger charge is 2.27. The second kappa shape index (κ2) is 53.8. The number of phosphoric acid groups is 1. The number of allylic oxidation sites excluding steroid dienone is 19. The lowest BCUT2D eigenvalue weighted by molar-refractivity contribution is -0.870. The number of likely N-dealkylation sites (N-methyl/N-ethyl adjacent to an activating group) is 1. The maximum absolute atomic E-state index is 13.5. The van der Waals surface area contributed by atoms with Crippen LogP contribution in [0, 0.1) is 0 Å². The molecule has 75 heavy (non-hydrogen) atoms. The summed E-state index contributed by atoms with van der Waals surface area (Å²) >= 11 is 0. The number of carbonyl (C=O) groups is 2. The van der Waals surface area contributed by atoms with E-state index in [1.54, 1.807) is 6.08 Å². The molecule has 0 saturated carbocycles. The lowest BCUT2D eigenvalue weighted by Crippen LogP contribution is -2.47. The Kier molecular flexibility index (Phi) is 51.2. The summed E-state index contributed by atoms with van der Waals surface area (Å²) in [5.74, 6) is -0.654. The first kappa shape index (κ1) is 71.4. The van der Waals surface area contributed by atoms with E-state index in [1.807, 2.05) is 27.2 Å². The molecule has 0 aromatic heterocycles. The van der Waals surface area contributed by atoms with Crippen LogP contribution in [0.1, 0.15) is 226 Å². The van der Waals surface area contributed by atoms with Gasteiger partial charge in [-0.25, -0.2) is 0 Å². The number of rotatable bonds is 52. The molecule has 0 heterocycles. The van der Waals surface area contributed by atoms with Crippen LogP contribution in [0.2, 0.25) is 0 Å². The van der Waals surface area contributed by atoms with Crippen molar-refractivity contribution in [1.82, 2.24) is 5.32 Å². The summed E-state index contributed by atoms with van der Waals surface area (Å²) in [7, 11) is 1.11. The number of phosphoric ester groups is 1. The van der Waals surface area contributed by atoms with Crippen molar-refractivity contribution >= 4 is 19.7 Å². The number of hydrogen-bond donors (Lipinski definition) is 1. The van der Waals surface area contributed by atoms with Crippen LogP contribution in [-0.2, 0) is 27.9 Å². The number of esters is 1. The molecule has 0 fully saturated rings. The van der Waals surface area contributed by atoms with E-state index in [-0.39, 0.29) is 31.3 Å². The first-order valence-corrected chi connectivity index (χ1v) is 31.3. The van der Waals surface area contributed by atoms with Gasteiger partial charge >= 0.3 is 5.97 Å². The predicted molar refractivity (Wildman–Crippen MR) is 320 cm³/mol. The van der Waals surface area contributed by atoms with Crippen LogP contribution < -0.4 is 10.2 Å². The summed E-state index contributed by atoms with van der Waals surface area (Å²) in [4.78, 5) is 39.9. The third-order valence-electron chi connectivity index (χ3n) is 12.4. The Bertz CT molecular complexity index is 1700. The first-order valence-electron chi connectivity index (χ1n) is 29.8. The van der Waals surface area contributed by atoms with Crippen molar-refractivity contribution < 1.29 is 37.3 Å². The molecule has 0 bridgehead atoms. The Morgan fingerprint density at radius 3 is 1.33 bits per heavy atom. The van der Waals surface area contributed by atoms with Gasteiger partial charge in [0.25, 0.3) is 7.82 Å². The number of ether oxygens (including phenoxy) is 1. The lowest BCUT2D eigenvalue weighted by atomic mass is 10.0. The van der Waals surface area contributed by atoms with Crippen molar-refractivity contribution in [2.45, 2.75) is 238 Å². The minimum atomic E-state index is -4.73. The SMILES string of the molecule is CC/C=C\C/C=C\C/C=C\C/C=C\C/C=C\CCCC(=O)NC(COP(=O)([O-])OCC[N+](C)(C)C)C(/C=C/CCCCCCCCCCCCC)OC(=O)CCCCC/C=C\C/C=C\C/C=C\C/C=C\CCCCC. The molecule has 1 amide bonds. The summed E-state index contributed by atoms with van der Waals surface area (Å²) in [5, 5.41) is 2.98. The molecule has 0 aliphatic carbocycles. The van der Waals surface area contributed by atoms with Crippen molar-refractivity contribution in [3.8, 4) is 0 Å². The molecule has 0 aromatic carbocycles. The molecule has 9 nitrogen and oxygen atoms in total. The van der Waals surface area contributed by atoms with E-state index in [4.69, 9.17) is 13.8 Å². The number of carbonyl (C=O) groups excluding carboxylic acids is 2. The quantitative estimate of drug-likeness (QED) is 0.0212. The first-order chi connectivity index (χ1) is 36.4. The molecular weight excluding hydrogens is 952 g/mol. The second-order valence-corrected chi connectivity index (χ2v) is 22.2. The minimum Gasteiger partial charge on any atom is -0.756 e. The van der Waals surface area contributed by atoms with Crippen LogP contribution >= 0.6 is 7.82 Å². The zero-order valence-electron chi connectivity index (χ0n) is 48.7. The molecule has 0 aromatic rings. The Balaban J connectivity index is 5.50. The zero-order valence-corrected chi connectivity index (χ0v) is 49.6. The third kappa shape index (κ3) is 55.0. The van der Waals surface area contributed by atoms with Crippen molar-refractivity contribution in [3.05, 3.63) is 122 Å². The number of hydrogen-bond acceptors (Lipinski definition) is 7. The average molecular weight is 1060 g/mol. The van der Waals surface area contributed by atoms with Crippen molar-refractivity contribution in [2.24, 2.45) is 0 Å². The van der Waals surface area contributed by atoms with Crippen LogP contribution in [0.4, 0.5) is 0 Å². The van der Waals surface area contributed by atoms with E-state index in [1.165, 1.54) is 83.5 Å². The van der Waals surface area contributed by atoms with Crippen molar-refractivity contribution in [2.75, 3.05) is 40.9 Å². The van der Waals surface area contributed by atoms with Gasteiger partial charge in [0.15, 0.2) is 0 Å². The highest BCUT2D eigenvalue weighted by atomic mass is 31.2. The van der Waals surface area contributed by atoms with Crippen LogP contribution in [0.15, 0.2) is 122 Å². The van der Waals surface area contributed by atoms with E-state index in [0.717, 1.165) is 96.3 Å². The Labute approximate surface area is 461 Å². The molecule has 0 spiro atoms. The monoisotopic (exact) mass is 1060 g/mol. The van der Waals surface area contributed by atoms with Gasteiger partial charge < -0.3 is 28.5 Å². The molecular formula is C65H111N2O7P. The second-order valence-electron chi connectivity index (χ2n) is 20.8. The van der Waals surface area contributed by atoms with E-state index >= 15 is 0 Å². The van der Waals surface area contributed by atoms with Crippen molar-refractivity contribution in [3.63, 3.8) is 0 Å². The fraction of sp³-hybridized carbons (Fsp3) is 0.662. The van der Waals surface area contributed by atoms with Gasteiger partial charge in [0, 0.05) is 12.8 Å². The van der Waals surface area contributed by atoms with Gasteiger partial charge in [0.2, 0.25) is 5.91 Å². The molecule has 0 aliphatic rings. The number of nitrogens with zero attached hydrogens (tertiary/aromatic N) is 1. The maximum atomic E-state index is 13.5. The molecule has 3 unspecified atom stereocenters. The van der Waals surface area contributed by atoms with Crippen LogP contribution in [0.5, 0.6) is 0 Å². The minimum absolute atomic E-state index is 0.0448. The van der Waals surface area contributed by atoms with Gasteiger partial charge in [-0.1, -0.05) is 220 Å². The van der Waals surface area contributed by atoms with Crippen LogP contribution in [0.25, 0.3) is 0 Å². The average Bonchev–Trinajstić information content (AvgIpc) is 3.37. The van der Waals surface area contributed by atoms with Gasteiger partial charge in [-0.2, -0.15) is 0 Å². The van der Waals surface area contributed by atoms with Crippen molar-refractivity contribution in [1.29, 1.82) is 0 Å². The standard InChI is InChI=1S/C65H111N2O7P/c1-7-10-13-16-19-22-25-28-30-32-33-35-37-40-43-46-49-52-55-58-65(69)74-63(56-53-50-47-44-41-38-27-24-21-18-15-12-9-3)62(61-73-75(70,71)72-60-59-67(4,5)6)66-64(68)57-54-51-48-45-42-39-36-34-31-29-26-23-20-17-14-11-8-2/h11,14,19-20,22-23,28-31,33,35-36,39-40,43,45,48,53,56,62-63H,7-10,12-13,15-18,21,24-27,32,34,37-38,41-42,44,46-47,49-52,54-55,57-61H2,1-6H3,(H-,66,68,70,71)/b14-11-,22-19-,23-20-,30-28-,31-29-,35-33-,39-36-,43-40-,48-45-,56-53+. The van der Waals surface area contributed by atoms with E-state index < -0.39 is 26.6 Å². The molecule has 0 aliphatic heterocycles. The fourth-order valence-corrected chi connectivity index (χ4v) is 8.50. The predicted octanol–water partition coefficient (Wildman–Crippen LogP) is 17.7. The number of unbranched alkanes of at least 4 members (excludes halogenated alkanes) is 18. The molecule has 0 rings (SSSR count). The maximum Gasteiger partial charge on any atom is 0.306 e. The highest BCUT2D eigenvalue weighted by molar-refractivity contribution is 7.45. The summed E-state index contributed by atoms with van der Waals surface area (Å²) in [6.07, 6.45) is 74.6. The summed E-state index contributed by atoms with van der Waals surface area (Å²) in [6.45, 7) is 6.61. The largest absolute Gasteiger partial charge is 0.756 e. The number of amides is 1. The molecule has 428 valence electrons. The molecule has 0 saturated heterocycles. The zero-order chi connectivity index (χ0) is 55.0. The van der Waals surface area contributed by atoms with E-state index in [2.05, 4.69) is 135 Å². The van der Waals surface area contributed by atoms with Crippen LogP contribution in [0.3, 0.4) is 0 Å². The Hall–Kier alpha value is -3.59. The molecule has 10 heteroatoms. The molecule has 0 radical (unpaired) electrons. The highest BCUT2D eigenvalue weighted by Crippen LogP contribution is 2.38. The smallest absolute Gasteiger partial charge is 0.306 e. The summed E-state index contributed by atoms with van der Waals surface area (Å²) < 4.78 is 30.2. The topological polar surface area (TPSA) is 114 Å². The van der Waals surface area contributed by atoms with Gasteiger partial charge in [-0.3, -0.25) is 14.2 Å². The Morgan fingerprint density at radius 2 is 0.867 bits per heavy atom. The van der Waals surface area contributed by atoms with Crippen LogP contribution in [-0.4, -0.2) is 69.4 Å². The number of nitrogens with one attached hydrogen (secondary N) is 1. The van der Waals surface area contributed by atoms with E-state index in [9.17, 15) is 19.0 Å². The number of quaternary nitrogens is 1. The van der Waals surface area contributed by atoms with Gasteiger partial charge in [-0.15, -0.1) is 0 Å². The molecule has 3 atom stereocenters. The van der Waals surface area contributed by atoms with Gasteiger partial charge in [-0.05, 0) is 115 Å². The fourth-order valence-electron chi connectivity index (χ4n) is 7.77. The normalized spacial score (nSPS) is 14.6. The Morgan fingerprint density at radius 1 is 0.480 bits per heavy atom. The van der Waals surface area contributed by atoms with E-state index in [0.29, 0.717) is 23.9 Å².